The smallest absolute Gasteiger partial charge is 0.255 e. The zero-order valence-electron chi connectivity index (χ0n) is 11.2. The van der Waals surface area contributed by atoms with Crippen LogP contribution in [0.3, 0.4) is 0 Å². The quantitative estimate of drug-likeness (QED) is 0.783. The minimum atomic E-state index is -0.212. The second-order valence-electron chi connectivity index (χ2n) is 4.39. The zero-order chi connectivity index (χ0) is 14.0. The van der Waals surface area contributed by atoms with Crippen molar-refractivity contribution in [1.82, 2.24) is 15.2 Å². The van der Waals surface area contributed by atoms with Crippen LogP contribution in [0.5, 0.6) is 0 Å². The van der Waals surface area contributed by atoms with E-state index in [0.717, 1.165) is 23.5 Å². The number of H-pyrrole nitrogens is 1. The van der Waals surface area contributed by atoms with Crippen molar-refractivity contribution < 1.29 is 4.79 Å². The van der Waals surface area contributed by atoms with Gasteiger partial charge in [0.1, 0.15) is 5.82 Å². The number of nitrogens with one attached hydrogen (secondary N) is 2. The van der Waals surface area contributed by atoms with Crippen molar-refractivity contribution in [3.05, 3.63) is 34.8 Å². The summed E-state index contributed by atoms with van der Waals surface area (Å²) >= 11 is 0. The number of anilines is 2. The van der Waals surface area contributed by atoms with E-state index < -0.39 is 0 Å². The van der Waals surface area contributed by atoms with Crippen LogP contribution in [-0.2, 0) is 6.42 Å². The number of nitrogens with two attached hydrogens (primary N) is 1. The van der Waals surface area contributed by atoms with E-state index >= 15 is 0 Å². The molecule has 0 unspecified atom stereocenters. The molecule has 4 N–H and O–H groups in total. The van der Waals surface area contributed by atoms with Crippen LogP contribution in [0.15, 0.2) is 12.1 Å². The summed E-state index contributed by atoms with van der Waals surface area (Å²) in [6.07, 6.45) is 0.731. The topological polar surface area (TPSA) is 96.7 Å². The van der Waals surface area contributed by atoms with Gasteiger partial charge in [-0.05, 0) is 32.4 Å². The molecule has 2 aromatic heterocycles. The van der Waals surface area contributed by atoms with Gasteiger partial charge in [0.25, 0.3) is 5.91 Å². The van der Waals surface area contributed by atoms with E-state index in [1.54, 1.807) is 12.1 Å². The molecule has 0 fully saturated rings. The predicted molar refractivity (Wildman–Crippen MR) is 74.0 cm³/mol. The number of nitrogen functional groups attached to an aromatic ring is 1. The molecule has 6 heteroatoms. The Labute approximate surface area is 111 Å². The van der Waals surface area contributed by atoms with Crippen LogP contribution in [0.2, 0.25) is 0 Å². The second kappa shape index (κ2) is 5.09. The van der Waals surface area contributed by atoms with Crippen LogP contribution in [0.1, 0.15) is 34.4 Å². The van der Waals surface area contributed by atoms with Crippen molar-refractivity contribution in [2.24, 2.45) is 0 Å². The van der Waals surface area contributed by atoms with Crippen molar-refractivity contribution in [2.75, 3.05) is 11.1 Å². The average molecular weight is 259 g/mol. The van der Waals surface area contributed by atoms with Crippen LogP contribution in [0, 0.1) is 13.8 Å². The lowest BCUT2D eigenvalue weighted by Crippen LogP contribution is -2.14. The van der Waals surface area contributed by atoms with Crippen LogP contribution < -0.4 is 11.1 Å². The Morgan fingerprint density at radius 3 is 2.74 bits per heavy atom. The lowest BCUT2D eigenvalue weighted by Gasteiger charge is -2.07. The molecule has 0 aliphatic carbocycles. The average Bonchev–Trinajstić information content (AvgIpc) is 2.69. The number of aromatic nitrogens is 3. The number of rotatable bonds is 3. The molecule has 0 radical (unpaired) electrons. The normalized spacial score (nSPS) is 10.5. The molecule has 0 aromatic carbocycles. The molecule has 0 bridgehead atoms. The van der Waals surface area contributed by atoms with Crippen molar-refractivity contribution in [3.63, 3.8) is 0 Å². The summed E-state index contributed by atoms with van der Waals surface area (Å²) in [5.41, 5.74) is 9.28. The summed E-state index contributed by atoms with van der Waals surface area (Å²) in [7, 11) is 0. The summed E-state index contributed by atoms with van der Waals surface area (Å²) in [6.45, 7) is 5.65. The SMILES string of the molecule is CCc1cc(C(=O)Nc2c(C)n[nH]c2C)cc(N)n1. The largest absolute Gasteiger partial charge is 0.384 e. The van der Waals surface area contributed by atoms with E-state index in [9.17, 15) is 4.79 Å². The number of aromatic amines is 1. The predicted octanol–water partition coefficient (Wildman–Crippen LogP) is 1.82. The molecule has 0 saturated heterocycles. The monoisotopic (exact) mass is 259 g/mol. The Balaban J connectivity index is 2.28. The van der Waals surface area contributed by atoms with Crippen molar-refractivity contribution in [3.8, 4) is 0 Å². The van der Waals surface area contributed by atoms with E-state index in [1.807, 2.05) is 20.8 Å². The summed E-state index contributed by atoms with van der Waals surface area (Å²) in [4.78, 5) is 16.3. The Hall–Kier alpha value is -2.37. The highest BCUT2D eigenvalue weighted by Gasteiger charge is 2.13. The molecule has 0 aliphatic rings. The van der Waals surface area contributed by atoms with Crippen LogP contribution >= 0.6 is 0 Å². The standard InChI is InChI=1S/C13H17N5O/c1-4-10-5-9(6-11(14)15-10)13(19)16-12-7(2)17-18-8(12)3/h5-6H,4H2,1-3H3,(H2,14,15)(H,16,19)(H,17,18). The minimum Gasteiger partial charge on any atom is -0.384 e. The lowest BCUT2D eigenvalue weighted by molar-refractivity contribution is 0.102. The number of amides is 1. The number of carbonyl (C=O) groups is 1. The van der Waals surface area contributed by atoms with Crippen molar-refractivity contribution in [1.29, 1.82) is 0 Å². The first-order chi connectivity index (χ1) is 9.01. The highest BCUT2D eigenvalue weighted by Crippen LogP contribution is 2.18. The summed E-state index contributed by atoms with van der Waals surface area (Å²) < 4.78 is 0. The molecular weight excluding hydrogens is 242 g/mol. The van der Waals surface area contributed by atoms with Gasteiger partial charge in [0.05, 0.1) is 17.1 Å². The third kappa shape index (κ3) is 2.73. The van der Waals surface area contributed by atoms with Gasteiger partial charge in [-0.2, -0.15) is 5.10 Å². The van der Waals surface area contributed by atoms with Gasteiger partial charge in [-0.1, -0.05) is 6.92 Å². The number of nitrogens with zero attached hydrogens (tertiary/aromatic N) is 2. The minimum absolute atomic E-state index is 0.212. The highest BCUT2D eigenvalue weighted by molar-refractivity contribution is 6.05. The van der Waals surface area contributed by atoms with Gasteiger partial charge in [0, 0.05) is 11.3 Å². The molecule has 19 heavy (non-hydrogen) atoms. The maximum atomic E-state index is 12.2. The summed E-state index contributed by atoms with van der Waals surface area (Å²) in [5, 5.41) is 9.70. The second-order valence-corrected chi connectivity index (χ2v) is 4.39. The molecule has 6 nitrogen and oxygen atoms in total. The fourth-order valence-electron chi connectivity index (χ4n) is 1.84. The molecule has 100 valence electrons. The Morgan fingerprint density at radius 1 is 1.42 bits per heavy atom. The molecular formula is C13H17N5O. The molecule has 2 aromatic rings. The number of hydrogen-bond donors (Lipinski definition) is 3. The maximum Gasteiger partial charge on any atom is 0.255 e. The Bertz CT molecular complexity index is 598. The van der Waals surface area contributed by atoms with Crippen LogP contribution in [0.25, 0.3) is 0 Å². The number of hydrogen-bond acceptors (Lipinski definition) is 4. The molecule has 2 heterocycles. The van der Waals surface area contributed by atoms with Gasteiger partial charge in [-0.15, -0.1) is 0 Å². The van der Waals surface area contributed by atoms with E-state index in [1.165, 1.54) is 0 Å². The van der Waals surface area contributed by atoms with E-state index in [2.05, 4.69) is 20.5 Å². The number of aryl methyl sites for hydroxylation is 3. The van der Waals surface area contributed by atoms with Gasteiger partial charge >= 0.3 is 0 Å². The molecule has 0 spiro atoms. The van der Waals surface area contributed by atoms with Crippen molar-refractivity contribution >= 4 is 17.4 Å². The van der Waals surface area contributed by atoms with Gasteiger partial charge in [0.2, 0.25) is 0 Å². The first-order valence-electron chi connectivity index (χ1n) is 6.10. The van der Waals surface area contributed by atoms with Gasteiger partial charge < -0.3 is 11.1 Å². The third-order valence-corrected chi connectivity index (χ3v) is 2.89. The maximum absolute atomic E-state index is 12.2. The number of pyridine rings is 1. The van der Waals surface area contributed by atoms with Crippen molar-refractivity contribution in [2.45, 2.75) is 27.2 Å². The molecule has 1 amide bonds. The molecule has 0 saturated carbocycles. The highest BCUT2D eigenvalue weighted by atomic mass is 16.1. The van der Waals surface area contributed by atoms with Gasteiger partial charge in [-0.3, -0.25) is 9.89 Å². The molecule has 0 atom stereocenters. The van der Waals surface area contributed by atoms with Gasteiger partial charge in [-0.25, -0.2) is 4.98 Å². The zero-order valence-corrected chi connectivity index (χ0v) is 11.2. The van der Waals surface area contributed by atoms with E-state index in [4.69, 9.17) is 5.73 Å². The summed E-state index contributed by atoms with van der Waals surface area (Å²) in [6, 6.07) is 3.32. The fourth-order valence-corrected chi connectivity index (χ4v) is 1.84. The van der Waals surface area contributed by atoms with E-state index in [-0.39, 0.29) is 5.91 Å². The third-order valence-electron chi connectivity index (χ3n) is 2.89. The lowest BCUT2D eigenvalue weighted by atomic mass is 10.1. The first kappa shape index (κ1) is 13.1. The summed E-state index contributed by atoms with van der Waals surface area (Å²) in [5.74, 6) is 0.140. The van der Waals surface area contributed by atoms with Crippen LogP contribution in [0.4, 0.5) is 11.5 Å². The Morgan fingerprint density at radius 2 is 2.16 bits per heavy atom. The fraction of sp³-hybridized carbons (Fsp3) is 0.308. The first-order valence-corrected chi connectivity index (χ1v) is 6.10. The molecule has 0 aliphatic heterocycles. The van der Waals surface area contributed by atoms with Gasteiger partial charge in [0.15, 0.2) is 0 Å². The number of carbonyl (C=O) groups excluding carboxylic acids is 1. The molecule has 2 rings (SSSR count). The van der Waals surface area contributed by atoms with E-state index in [0.29, 0.717) is 17.1 Å². The van der Waals surface area contributed by atoms with Crippen LogP contribution in [-0.4, -0.2) is 21.1 Å². The Kier molecular flexibility index (Phi) is 3.50.